The van der Waals surface area contributed by atoms with E-state index in [1.165, 1.54) is 12.0 Å². The van der Waals surface area contributed by atoms with Crippen LogP contribution < -0.4 is 9.47 Å². The molecule has 114 valence electrons. The summed E-state index contributed by atoms with van der Waals surface area (Å²) < 4.78 is 15.5. The molecule has 2 rings (SSSR count). The van der Waals surface area contributed by atoms with Gasteiger partial charge in [0, 0.05) is 19.2 Å². The quantitative estimate of drug-likeness (QED) is 0.784. The third kappa shape index (κ3) is 3.45. The van der Waals surface area contributed by atoms with Crippen molar-refractivity contribution in [1.29, 1.82) is 0 Å². The Morgan fingerprint density at radius 2 is 1.95 bits per heavy atom. The molecule has 1 aromatic rings. The molecule has 0 aliphatic carbocycles. The van der Waals surface area contributed by atoms with Crippen molar-refractivity contribution in [2.45, 2.75) is 6.92 Å². The molecule has 0 spiro atoms. The van der Waals surface area contributed by atoms with Crippen molar-refractivity contribution in [1.82, 2.24) is 4.90 Å². The van der Waals surface area contributed by atoms with E-state index in [0.717, 1.165) is 0 Å². The highest BCUT2D eigenvalue weighted by molar-refractivity contribution is 5.95. The van der Waals surface area contributed by atoms with Gasteiger partial charge >= 0.3 is 5.97 Å². The molecule has 1 heterocycles. The smallest absolute Gasteiger partial charge is 0.310 e. The van der Waals surface area contributed by atoms with Crippen molar-refractivity contribution >= 4 is 11.9 Å². The number of fused-ring (bicyclic) bond motifs is 1. The maximum absolute atomic E-state index is 12.4. The maximum atomic E-state index is 12.4. The fourth-order valence-electron chi connectivity index (χ4n) is 2.17. The molecule has 0 radical (unpaired) electrons. The van der Waals surface area contributed by atoms with Gasteiger partial charge in [-0.05, 0) is 18.2 Å². The number of amides is 1. The van der Waals surface area contributed by atoms with Gasteiger partial charge in [-0.15, -0.1) is 0 Å². The van der Waals surface area contributed by atoms with Gasteiger partial charge in [0.2, 0.25) is 0 Å². The van der Waals surface area contributed by atoms with Crippen LogP contribution in [0.4, 0.5) is 0 Å². The average molecular weight is 293 g/mol. The summed E-state index contributed by atoms with van der Waals surface area (Å²) >= 11 is 0. The molecular weight excluding hydrogens is 274 g/mol. The minimum absolute atomic E-state index is 0.178. The number of carbonyl (C=O) groups excluding carboxylic acids is 2. The van der Waals surface area contributed by atoms with E-state index in [-0.39, 0.29) is 17.8 Å². The first-order chi connectivity index (χ1) is 10.0. The van der Waals surface area contributed by atoms with Gasteiger partial charge in [0.25, 0.3) is 5.91 Å². The Hall–Kier alpha value is -2.24. The number of rotatable bonds is 4. The third-order valence-electron chi connectivity index (χ3n) is 3.29. The number of carbonyl (C=O) groups is 2. The molecule has 0 saturated carbocycles. The first-order valence-corrected chi connectivity index (χ1v) is 6.76. The van der Waals surface area contributed by atoms with Gasteiger partial charge in [-0.2, -0.15) is 0 Å². The van der Waals surface area contributed by atoms with Crippen LogP contribution in [0, 0.1) is 5.92 Å². The van der Waals surface area contributed by atoms with Crippen molar-refractivity contribution in [3.63, 3.8) is 0 Å². The number of hydrogen-bond donors (Lipinski definition) is 0. The Kier molecular flexibility index (Phi) is 4.67. The lowest BCUT2D eigenvalue weighted by Gasteiger charge is -2.22. The van der Waals surface area contributed by atoms with E-state index in [0.29, 0.717) is 36.8 Å². The summed E-state index contributed by atoms with van der Waals surface area (Å²) in [5.74, 6) is 0.325. The number of hydrogen-bond acceptors (Lipinski definition) is 5. The number of esters is 1. The van der Waals surface area contributed by atoms with Crippen LogP contribution in [0.3, 0.4) is 0 Å². The summed E-state index contributed by atoms with van der Waals surface area (Å²) in [6.45, 7) is 3.00. The Morgan fingerprint density at radius 1 is 1.29 bits per heavy atom. The van der Waals surface area contributed by atoms with Crippen LogP contribution in [0.5, 0.6) is 11.5 Å². The maximum Gasteiger partial charge on any atom is 0.310 e. The van der Waals surface area contributed by atoms with Crippen molar-refractivity contribution in [2.24, 2.45) is 5.92 Å². The number of methoxy groups -OCH3 is 1. The predicted molar refractivity (Wildman–Crippen MR) is 75.6 cm³/mol. The van der Waals surface area contributed by atoms with E-state index < -0.39 is 0 Å². The van der Waals surface area contributed by atoms with E-state index in [2.05, 4.69) is 4.74 Å². The van der Waals surface area contributed by atoms with Crippen LogP contribution in [0.25, 0.3) is 0 Å². The highest BCUT2D eigenvalue weighted by Gasteiger charge is 2.21. The van der Waals surface area contributed by atoms with E-state index in [1.807, 2.05) is 0 Å². The zero-order valence-electron chi connectivity index (χ0n) is 12.4. The molecule has 6 nitrogen and oxygen atoms in total. The first kappa shape index (κ1) is 15.2. The lowest BCUT2D eigenvalue weighted by atomic mass is 10.1. The number of benzene rings is 1. The van der Waals surface area contributed by atoms with Crippen LogP contribution in [0.2, 0.25) is 0 Å². The zero-order valence-corrected chi connectivity index (χ0v) is 12.4. The van der Waals surface area contributed by atoms with Gasteiger partial charge < -0.3 is 19.1 Å². The van der Waals surface area contributed by atoms with Crippen LogP contribution in [-0.4, -0.2) is 50.7 Å². The van der Waals surface area contributed by atoms with Crippen molar-refractivity contribution in [2.75, 3.05) is 33.9 Å². The molecule has 6 heteroatoms. The fraction of sp³-hybridized carbons (Fsp3) is 0.467. The van der Waals surface area contributed by atoms with Crippen molar-refractivity contribution in [3.8, 4) is 11.5 Å². The van der Waals surface area contributed by atoms with Gasteiger partial charge in [0.05, 0.1) is 13.0 Å². The molecule has 0 fully saturated rings. The van der Waals surface area contributed by atoms with Crippen LogP contribution in [-0.2, 0) is 9.53 Å². The van der Waals surface area contributed by atoms with Crippen LogP contribution in [0.15, 0.2) is 18.2 Å². The Bertz CT molecular complexity index is 543. The monoisotopic (exact) mass is 293 g/mol. The summed E-state index contributed by atoms with van der Waals surface area (Å²) in [7, 11) is 2.99. The van der Waals surface area contributed by atoms with Crippen LogP contribution in [0.1, 0.15) is 17.3 Å². The third-order valence-corrected chi connectivity index (χ3v) is 3.29. The topological polar surface area (TPSA) is 65.1 Å². The highest BCUT2D eigenvalue weighted by Crippen LogP contribution is 2.31. The van der Waals surface area contributed by atoms with E-state index >= 15 is 0 Å². The van der Waals surface area contributed by atoms with E-state index in [4.69, 9.17) is 9.47 Å². The largest absolute Gasteiger partial charge is 0.486 e. The molecule has 0 saturated heterocycles. The fourth-order valence-corrected chi connectivity index (χ4v) is 2.17. The van der Waals surface area contributed by atoms with E-state index in [1.54, 1.807) is 32.2 Å². The molecule has 1 aliphatic rings. The molecule has 1 unspecified atom stereocenters. The number of nitrogens with zero attached hydrogens (tertiary/aromatic N) is 1. The van der Waals surface area contributed by atoms with Crippen molar-refractivity contribution in [3.05, 3.63) is 23.8 Å². The lowest BCUT2D eigenvalue weighted by molar-refractivity contribution is -0.145. The molecular formula is C15H19NO5. The number of ether oxygens (including phenoxy) is 3. The molecule has 1 aliphatic heterocycles. The second-order valence-corrected chi connectivity index (χ2v) is 4.97. The van der Waals surface area contributed by atoms with Crippen LogP contribution >= 0.6 is 0 Å². The average Bonchev–Trinajstić information content (AvgIpc) is 2.52. The summed E-state index contributed by atoms with van der Waals surface area (Å²) in [5.41, 5.74) is 0.499. The molecule has 1 aromatic carbocycles. The molecule has 0 aromatic heterocycles. The summed E-state index contributed by atoms with van der Waals surface area (Å²) in [6.07, 6.45) is 0. The van der Waals surface area contributed by atoms with Gasteiger partial charge in [-0.25, -0.2) is 0 Å². The van der Waals surface area contributed by atoms with Crippen molar-refractivity contribution < 1.29 is 23.8 Å². The molecule has 1 atom stereocenters. The van der Waals surface area contributed by atoms with E-state index in [9.17, 15) is 9.59 Å². The summed E-state index contributed by atoms with van der Waals surface area (Å²) in [5, 5.41) is 0. The highest BCUT2D eigenvalue weighted by atomic mass is 16.6. The lowest BCUT2D eigenvalue weighted by Crippen LogP contribution is -2.34. The Labute approximate surface area is 123 Å². The first-order valence-electron chi connectivity index (χ1n) is 6.76. The zero-order chi connectivity index (χ0) is 15.4. The van der Waals surface area contributed by atoms with Gasteiger partial charge in [-0.1, -0.05) is 6.92 Å². The SMILES string of the molecule is COC(=O)C(C)CN(C)C(=O)c1ccc2c(c1)OCCO2. The molecule has 1 amide bonds. The summed E-state index contributed by atoms with van der Waals surface area (Å²) in [6, 6.07) is 5.07. The Morgan fingerprint density at radius 3 is 2.62 bits per heavy atom. The van der Waals surface area contributed by atoms with Gasteiger partial charge in [0.15, 0.2) is 11.5 Å². The molecule has 0 bridgehead atoms. The normalized spacial score (nSPS) is 14.2. The molecule has 21 heavy (non-hydrogen) atoms. The minimum Gasteiger partial charge on any atom is -0.486 e. The van der Waals surface area contributed by atoms with Gasteiger partial charge in [0.1, 0.15) is 13.2 Å². The molecule has 0 N–H and O–H groups in total. The standard InChI is InChI=1S/C15H19NO5/c1-10(15(18)19-3)9-16(2)14(17)11-4-5-12-13(8-11)21-7-6-20-12/h4-5,8,10H,6-7,9H2,1-3H3. The second kappa shape index (κ2) is 6.47. The Balaban J connectivity index is 2.07. The summed E-state index contributed by atoms with van der Waals surface area (Å²) in [4.78, 5) is 25.2. The predicted octanol–water partition coefficient (Wildman–Crippen LogP) is 1.34. The second-order valence-electron chi connectivity index (χ2n) is 4.97. The van der Waals surface area contributed by atoms with Gasteiger partial charge in [-0.3, -0.25) is 9.59 Å². The minimum atomic E-state index is -0.374.